The van der Waals surface area contributed by atoms with Crippen molar-refractivity contribution in [3.8, 4) is 0 Å². The SMILES string of the molecule is O=[C](Cl)[Ru]([PH](c1ccccc1)(c1ccccc1)c1ccccc1)([PH](c1ccccc1)(c1ccccc1)c1ccccc1)[PH](c1ccccc1)(c1ccccc1)c1ccccc1. The second kappa shape index (κ2) is 18.1. The summed E-state index contributed by atoms with van der Waals surface area (Å²) in [6.45, 7) is 0. The van der Waals surface area contributed by atoms with E-state index in [0.717, 1.165) is 0 Å². The molecular formula is C55H48ClOP3Ru. The van der Waals surface area contributed by atoms with Crippen molar-refractivity contribution in [3.05, 3.63) is 273 Å². The Kier molecular flexibility index (Phi) is 12.2. The third-order valence-corrected chi connectivity index (χ3v) is 90.7. The van der Waals surface area contributed by atoms with E-state index in [9.17, 15) is 0 Å². The quantitative estimate of drug-likeness (QED) is 0.0640. The molecule has 0 atom stereocenters. The van der Waals surface area contributed by atoms with Crippen molar-refractivity contribution < 1.29 is 18.1 Å². The maximum atomic E-state index is 17.5. The summed E-state index contributed by atoms with van der Waals surface area (Å²) in [5.41, 5.74) is -11.5. The van der Waals surface area contributed by atoms with E-state index in [0.29, 0.717) is 0 Å². The average Bonchev–Trinajstić information content (AvgIpc) is 3.35. The van der Waals surface area contributed by atoms with Crippen molar-refractivity contribution in [3.63, 3.8) is 0 Å². The van der Waals surface area contributed by atoms with E-state index < -0.39 is 30.1 Å². The standard InChI is InChI=1S/3C18H15P.CClO.Ru/c3*1-4-10-16(11-5-1)19(17-12-6-2-7-13-17)18-14-8-3-9-15-18;2-1-3;/h3*1-15H;;/q;;;;-3/p+3. The van der Waals surface area contributed by atoms with Gasteiger partial charge in [0.05, 0.1) is 0 Å². The molecule has 61 heavy (non-hydrogen) atoms. The van der Waals surface area contributed by atoms with Crippen LogP contribution in [0.1, 0.15) is 0 Å². The average molecular weight is 954 g/mol. The van der Waals surface area contributed by atoms with Crippen molar-refractivity contribution in [2.75, 3.05) is 0 Å². The summed E-state index contributed by atoms with van der Waals surface area (Å²) in [6.07, 6.45) is 0. The molecule has 0 aliphatic heterocycles. The molecule has 0 aliphatic rings. The fourth-order valence-corrected chi connectivity index (χ4v) is 124. The summed E-state index contributed by atoms with van der Waals surface area (Å²) in [4.78, 5) is 17.5. The van der Waals surface area contributed by atoms with Crippen molar-refractivity contribution in [2.24, 2.45) is 0 Å². The molecule has 0 aromatic heterocycles. The first-order valence-corrected chi connectivity index (χ1v) is 35.2. The molecule has 9 aromatic carbocycles. The number of carbonyl (C=O) groups is 1. The van der Waals surface area contributed by atoms with Gasteiger partial charge < -0.3 is 0 Å². The van der Waals surface area contributed by atoms with Crippen LogP contribution in [0, 0.1) is 0 Å². The van der Waals surface area contributed by atoms with Crippen LogP contribution in [0.4, 0.5) is 4.79 Å². The minimum atomic E-state index is -5.00. The molecule has 0 saturated heterocycles. The first kappa shape index (κ1) is 41.2. The molecule has 0 heterocycles. The van der Waals surface area contributed by atoms with Crippen LogP contribution in [-0.2, 0) is 13.3 Å². The molecule has 0 saturated carbocycles. The molecule has 0 N–H and O–H groups in total. The Hall–Kier alpha value is -5.15. The summed E-state index contributed by atoms with van der Waals surface area (Å²) in [6, 6.07) is 100. The minimum absolute atomic E-state index is 0.147. The molecule has 304 valence electrons. The molecule has 0 unspecified atom stereocenters. The molecule has 9 rings (SSSR count). The Labute approximate surface area is 368 Å². The van der Waals surface area contributed by atoms with Gasteiger partial charge in [-0.3, -0.25) is 0 Å². The maximum absolute atomic E-state index is 17.5. The summed E-state index contributed by atoms with van der Waals surface area (Å²) < 4.78 is -0.147. The summed E-state index contributed by atoms with van der Waals surface area (Å²) in [5, 5.41) is 10.8. The van der Waals surface area contributed by atoms with Gasteiger partial charge in [0.2, 0.25) is 0 Å². The van der Waals surface area contributed by atoms with Crippen LogP contribution in [0.5, 0.6) is 0 Å². The third kappa shape index (κ3) is 6.47. The van der Waals surface area contributed by atoms with Crippen LogP contribution < -0.4 is 47.7 Å². The molecule has 0 aliphatic carbocycles. The number of halogens is 1. The van der Waals surface area contributed by atoms with Gasteiger partial charge in [-0.25, -0.2) is 0 Å². The van der Waals surface area contributed by atoms with E-state index in [1.807, 2.05) is 0 Å². The molecule has 9 aromatic rings. The second-order valence-corrected chi connectivity index (χ2v) is 55.7. The first-order chi connectivity index (χ1) is 30.1. The third-order valence-electron chi connectivity index (χ3n) is 11.9. The molecule has 0 fully saturated rings. The zero-order valence-corrected chi connectivity index (χ0v) is 39.1. The van der Waals surface area contributed by atoms with Crippen LogP contribution >= 0.6 is 28.4 Å². The zero-order chi connectivity index (χ0) is 41.6. The van der Waals surface area contributed by atoms with Gasteiger partial charge in [-0.05, 0) is 0 Å². The van der Waals surface area contributed by atoms with Gasteiger partial charge in [0, 0.05) is 0 Å². The van der Waals surface area contributed by atoms with Crippen molar-refractivity contribution in [2.45, 2.75) is 0 Å². The van der Waals surface area contributed by atoms with Gasteiger partial charge in [0.25, 0.3) is 0 Å². The van der Waals surface area contributed by atoms with Crippen molar-refractivity contribution >= 4 is 80.0 Å². The molecule has 0 bridgehead atoms. The van der Waals surface area contributed by atoms with E-state index in [-0.39, 0.29) is 3.84 Å². The van der Waals surface area contributed by atoms with E-state index >= 15 is 4.79 Å². The predicted octanol–water partition coefficient (Wildman–Crippen LogP) is 10.4. The van der Waals surface area contributed by atoms with Gasteiger partial charge in [-0.15, -0.1) is 0 Å². The topological polar surface area (TPSA) is 17.1 Å². The second-order valence-electron chi connectivity index (χ2n) is 15.0. The van der Waals surface area contributed by atoms with Crippen molar-refractivity contribution in [1.29, 1.82) is 0 Å². The fourth-order valence-electron chi connectivity index (χ4n) is 9.76. The predicted molar refractivity (Wildman–Crippen MR) is 271 cm³/mol. The molecule has 0 amide bonds. The first-order valence-electron chi connectivity index (χ1n) is 20.5. The number of hydrogen-bond acceptors (Lipinski definition) is 1. The molecule has 0 radical (unpaired) electrons. The van der Waals surface area contributed by atoms with Gasteiger partial charge in [0.1, 0.15) is 0 Å². The fraction of sp³-hybridized carbons (Fsp3) is 0. The van der Waals surface area contributed by atoms with Crippen LogP contribution in [0.25, 0.3) is 0 Å². The van der Waals surface area contributed by atoms with Crippen LogP contribution in [-0.4, -0.2) is 3.84 Å². The van der Waals surface area contributed by atoms with E-state index in [1.165, 1.54) is 47.7 Å². The Morgan fingerprint density at radius 2 is 0.361 bits per heavy atom. The molecule has 6 heteroatoms. The summed E-state index contributed by atoms with van der Waals surface area (Å²) in [5.74, 6) is 0. The Morgan fingerprint density at radius 1 is 0.246 bits per heavy atom. The van der Waals surface area contributed by atoms with E-state index in [4.69, 9.17) is 11.6 Å². The monoisotopic (exact) mass is 954 g/mol. The van der Waals surface area contributed by atoms with Crippen LogP contribution in [0.2, 0.25) is 0 Å². The zero-order valence-electron chi connectivity index (χ0n) is 33.6. The summed E-state index contributed by atoms with van der Waals surface area (Å²) >= 11 is 3.45. The van der Waals surface area contributed by atoms with Gasteiger partial charge in [-0.2, -0.15) is 0 Å². The van der Waals surface area contributed by atoms with Crippen molar-refractivity contribution in [1.82, 2.24) is 0 Å². The van der Waals surface area contributed by atoms with Gasteiger partial charge in [-0.1, -0.05) is 0 Å². The Bertz CT molecular complexity index is 2210. The van der Waals surface area contributed by atoms with Crippen LogP contribution in [0.3, 0.4) is 0 Å². The molecule has 1 nitrogen and oxygen atoms in total. The van der Waals surface area contributed by atoms with E-state index in [2.05, 4.69) is 273 Å². The van der Waals surface area contributed by atoms with Gasteiger partial charge in [0.15, 0.2) is 0 Å². The molecular weight excluding hydrogens is 906 g/mol. The Morgan fingerprint density at radius 3 is 0.459 bits per heavy atom. The Balaban J connectivity index is 1.77. The number of benzene rings is 9. The van der Waals surface area contributed by atoms with E-state index in [1.54, 1.807) is 0 Å². The van der Waals surface area contributed by atoms with Crippen LogP contribution in [0.15, 0.2) is 273 Å². The van der Waals surface area contributed by atoms with Gasteiger partial charge >= 0.3 is 371 Å². The summed E-state index contributed by atoms with van der Waals surface area (Å²) in [7, 11) is 0. The number of hydrogen-bond donors (Lipinski definition) is 0. The number of carbonyl (C=O) groups excluding carboxylic acids is 1. The number of rotatable bonds is 13. The normalized spacial score (nSPS) is 14.2. The molecule has 0 spiro atoms.